The van der Waals surface area contributed by atoms with Crippen molar-refractivity contribution in [1.29, 1.82) is 0 Å². The van der Waals surface area contributed by atoms with Gasteiger partial charge in [0.2, 0.25) is 0 Å². The van der Waals surface area contributed by atoms with Crippen molar-refractivity contribution in [3.8, 4) is 0 Å². The van der Waals surface area contributed by atoms with Crippen molar-refractivity contribution in [2.24, 2.45) is 5.92 Å². The van der Waals surface area contributed by atoms with Gasteiger partial charge < -0.3 is 10.2 Å². The number of halogens is 1. The summed E-state index contributed by atoms with van der Waals surface area (Å²) in [5.41, 5.74) is 2.40. The molecule has 1 aliphatic rings. The molecule has 2 unspecified atom stereocenters. The number of aryl methyl sites for hydroxylation is 1. The highest BCUT2D eigenvalue weighted by Gasteiger charge is 2.30. The molecule has 0 amide bonds. The molecule has 1 heterocycles. The standard InChI is InChI=1S/C14H21ClN2/c1-10-4-5-13(8-14(10)15)17-7-6-12(9-16-3)11(17)2/h4-5,8,11-12,16H,6-7,9H2,1-3H3. The molecule has 1 fully saturated rings. The second-order valence-corrected chi connectivity index (χ2v) is 5.38. The number of rotatable bonds is 3. The van der Waals surface area contributed by atoms with E-state index in [1.165, 1.54) is 12.1 Å². The van der Waals surface area contributed by atoms with Crippen LogP contribution in [0.1, 0.15) is 18.9 Å². The topological polar surface area (TPSA) is 15.3 Å². The van der Waals surface area contributed by atoms with Gasteiger partial charge in [0.05, 0.1) is 0 Å². The monoisotopic (exact) mass is 252 g/mol. The molecule has 0 bridgehead atoms. The molecule has 1 aromatic carbocycles. The van der Waals surface area contributed by atoms with Crippen LogP contribution in [0.25, 0.3) is 0 Å². The molecule has 94 valence electrons. The van der Waals surface area contributed by atoms with Crippen LogP contribution in [-0.2, 0) is 0 Å². The van der Waals surface area contributed by atoms with Gasteiger partial charge in [-0.15, -0.1) is 0 Å². The third kappa shape index (κ3) is 2.58. The summed E-state index contributed by atoms with van der Waals surface area (Å²) in [5.74, 6) is 0.736. The van der Waals surface area contributed by atoms with Crippen molar-refractivity contribution in [2.45, 2.75) is 26.3 Å². The predicted molar refractivity (Wildman–Crippen MR) is 75.0 cm³/mol. The zero-order valence-corrected chi connectivity index (χ0v) is 11.6. The number of hydrogen-bond donors (Lipinski definition) is 1. The third-order valence-electron chi connectivity index (χ3n) is 3.87. The smallest absolute Gasteiger partial charge is 0.0455 e. The van der Waals surface area contributed by atoms with E-state index in [0.717, 1.165) is 29.6 Å². The van der Waals surface area contributed by atoms with Gasteiger partial charge >= 0.3 is 0 Å². The van der Waals surface area contributed by atoms with Crippen molar-refractivity contribution in [2.75, 3.05) is 25.0 Å². The van der Waals surface area contributed by atoms with Crippen LogP contribution in [0.5, 0.6) is 0 Å². The summed E-state index contributed by atoms with van der Waals surface area (Å²) < 4.78 is 0. The number of nitrogens with zero attached hydrogens (tertiary/aromatic N) is 1. The van der Waals surface area contributed by atoms with Gasteiger partial charge in [0, 0.05) is 23.3 Å². The van der Waals surface area contributed by atoms with Crippen LogP contribution in [0.15, 0.2) is 18.2 Å². The Labute approximate surface area is 109 Å². The number of anilines is 1. The average Bonchev–Trinajstić information content (AvgIpc) is 2.66. The average molecular weight is 253 g/mol. The van der Waals surface area contributed by atoms with Crippen LogP contribution in [0.3, 0.4) is 0 Å². The Morgan fingerprint density at radius 1 is 1.47 bits per heavy atom. The minimum Gasteiger partial charge on any atom is -0.368 e. The van der Waals surface area contributed by atoms with Gasteiger partial charge in [-0.1, -0.05) is 17.7 Å². The van der Waals surface area contributed by atoms with E-state index in [1.807, 2.05) is 14.0 Å². The number of benzene rings is 1. The minimum atomic E-state index is 0.584. The van der Waals surface area contributed by atoms with Crippen molar-refractivity contribution in [1.82, 2.24) is 5.32 Å². The maximum Gasteiger partial charge on any atom is 0.0455 e. The molecule has 2 atom stereocenters. The van der Waals surface area contributed by atoms with Gasteiger partial charge in [0.1, 0.15) is 0 Å². The summed E-state index contributed by atoms with van der Waals surface area (Å²) in [4.78, 5) is 2.47. The van der Waals surface area contributed by atoms with Crippen molar-refractivity contribution < 1.29 is 0 Å². The lowest BCUT2D eigenvalue weighted by Crippen LogP contribution is -2.33. The van der Waals surface area contributed by atoms with E-state index in [1.54, 1.807) is 0 Å². The van der Waals surface area contributed by atoms with Crippen LogP contribution in [0.4, 0.5) is 5.69 Å². The molecular formula is C14H21ClN2. The molecule has 1 N–H and O–H groups in total. The number of nitrogens with one attached hydrogen (secondary N) is 1. The van der Waals surface area contributed by atoms with Gasteiger partial charge in [-0.2, -0.15) is 0 Å². The highest BCUT2D eigenvalue weighted by molar-refractivity contribution is 6.31. The Kier molecular flexibility index (Phi) is 3.95. The second kappa shape index (κ2) is 5.28. The summed E-state index contributed by atoms with van der Waals surface area (Å²) in [6.45, 7) is 6.58. The van der Waals surface area contributed by atoms with Gasteiger partial charge in [0.25, 0.3) is 0 Å². The first-order valence-electron chi connectivity index (χ1n) is 6.31. The fourth-order valence-corrected chi connectivity index (χ4v) is 2.84. The molecular weight excluding hydrogens is 232 g/mol. The van der Waals surface area contributed by atoms with E-state index in [0.29, 0.717) is 6.04 Å². The van der Waals surface area contributed by atoms with Crippen molar-refractivity contribution in [3.63, 3.8) is 0 Å². The first-order chi connectivity index (χ1) is 8.13. The molecule has 1 aliphatic heterocycles. The quantitative estimate of drug-likeness (QED) is 0.890. The van der Waals surface area contributed by atoms with Crippen molar-refractivity contribution in [3.05, 3.63) is 28.8 Å². The Morgan fingerprint density at radius 2 is 2.24 bits per heavy atom. The highest BCUT2D eigenvalue weighted by atomic mass is 35.5. The zero-order valence-electron chi connectivity index (χ0n) is 10.8. The fraction of sp³-hybridized carbons (Fsp3) is 0.571. The van der Waals surface area contributed by atoms with E-state index < -0.39 is 0 Å². The largest absolute Gasteiger partial charge is 0.368 e. The van der Waals surface area contributed by atoms with Gasteiger partial charge in [0.15, 0.2) is 0 Å². The lowest BCUT2D eigenvalue weighted by atomic mass is 10.0. The summed E-state index contributed by atoms with van der Waals surface area (Å²) in [5, 5.41) is 4.15. The van der Waals surface area contributed by atoms with Gasteiger partial charge in [-0.3, -0.25) is 0 Å². The maximum absolute atomic E-state index is 6.20. The van der Waals surface area contributed by atoms with Crippen LogP contribution in [-0.4, -0.2) is 26.2 Å². The first kappa shape index (κ1) is 12.7. The van der Waals surface area contributed by atoms with Crippen molar-refractivity contribution >= 4 is 17.3 Å². The van der Waals surface area contributed by atoms with E-state index in [-0.39, 0.29) is 0 Å². The molecule has 3 heteroatoms. The number of hydrogen-bond acceptors (Lipinski definition) is 2. The molecule has 0 aromatic heterocycles. The Hall–Kier alpha value is -0.730. The molecule has 0 radical (unpaired) electrons. The van der Waals surface area contributed by atoms with Crippen LogP contribution < -0.4 is 10.2 Å². The Bertz CT molecular complexity index is 392. The third-order valence-corrected chi connectivity index (χ3v) is 4.28. The van der Waals surface area contributed by atoms with Gasteiger partial charge in [-0.05, 0) is 57.5 Å². The SMILES string of the molecule is CNCC1CCN(c2ccc(C)c(Cl)c2)C1C. The second-order valence-electron chi connectivity index (χ2n) is 4.97. The lowest BCUT2D eigenvalue weighted by molar-refractivity contribution is 0.474. The lowest BCUT2D eigenvalue weighted by Gasteiger charge is -2.27. The molecule has 1 aromatic rings. The first-order valence-corrected chi connectivity index (χ1v) is 6.68. The molecule has 1 saturated heterocycles. The highest BCUT2D eigenvalue weighted by Crippen LogP contribution is 2.31. The summed E-state index contributed by atoms with van der Waals surface area (Å²) in [6, 6.07) is 6.96. The fourth-order valence-electron chi connectivity index (χ4n) is 2.66. The van der Waals surface area contributed by atoms with Crippen LogP contribution in [0, 0.1) is 12.8 Å². The van der Waals surface area contributed by atoms with Gasteiger partial charge in [-0.25, -0.2) is 0 Å². The van der Waals surface area contributed by atoms with E-state index >= 15 is 0 Å². The molecule has 17 heavy (non-hydrogen) atoms. The molecule has 2 rings (SSSR count). The summed E-state index contributed by atoms with van der Waals surface area (Å²) in [7, 11) is 2.03. The van der Waals surface area contributed by atoms with Crippen LogP contribution in [0.2, 0.25) is 5.02 Å². The van der Waals surface area contributed by atoms with E-state index in [9.17, 15) is 0 Å². The Balaban J connectivity index is 2.15. The Morgan fingerprint density at radius 3 is 2.88 bits per heavy atom. The molecule has 2 nitrogen and oxygen atoms in total. The molecule has 0 spiro atoms. The minimum absolute atomic E-state index is 0.584. The molecule has 0 saturated carbocycles. The summed E-state index contributed by atoms with van der Waals surface area (Å²) in [6.07, 6.45) is 1.26. The molecule has 0 aliphatic carbocycles. The van der Waals surface area contributed by atoms with E-state index in [2.05, 4.69) is 35.3 Å². The van der Waals surface area contributed by atoms with E-state index in [4.69, 9.17) is 11.6 Å². The normalized spacial score (nSPS) is 24.4. The summed E-state index contributed by atoms with van der Waals surface area (Å²) >= 11 is 6.20. The maximum atomic E-state index is 6.20. The van der Waals surface area contributed by atoms with Crippen LogP contribution >= 0.6 is 11.6 Å². The zero-order chi connectivity index (χ0) is 12.4. The predicted octanol–water partition coefficient (Wildman–Crippen LogP) is 3.08.